The van der Waals surface area contributed by atoms with Crippen LogP contribution in [0.5, 0.6) is 0 Å². The maximum atomic E-state index is 5.29. The number of hydrogen-bond donors (Lipinski definition) is 0. The van der Waals surface area contributed by atoms with Gasteiger partial charge in [0.1, 0.15) is 0 Å². The Bertz CT molecular complexity index is 2180. The van der Waals surface area contributed by atoms with E-state index in [2.05, 4.69) is 100 Å². The van der Waals surface area contributed by atoms with Gasteiger partial charge in [-0.25, -0.2) is 0 Å². The van der Waals surface area contributed by atoms with E-state index in [0.29, 0.717) is 0 Å². The van der Waals surface area contributed by atoms with Crippen molar-refractivity contribution in [3.63, 3.8) is 0 Å². The summed E-state index contributed by atoms with van der Waals surface area (Å²) in [6.07, 6.45) is 5.26. The minimum absolute atomic E-state index is 0. The van der Waals surface area contributed by atoms with E-state index < -0.39 is 0 Å². The van der Waals surface area contributed by atoms with E-state index in [0.717, 1.165) is 66.9 Å². The molecule has 0 unspecified atom stereocenters. The Balaban J connectivity index is 0.00000276. The summed E-state index contributed by atoms with van der Waals surface area (Å²) in [5, 5.41) is 2.31. The molecule has 0 saturated heterocycles. The maximum absolute atomic E-state index is 5.29. The fourth-order valence-electron chi connectivity index (χ4n) is 5.58. The molecule has 8 aromatic rings. The largest absolute Gasteiger partial charge is 2.00 e. The SMILES string of the molecule is Cn1c(-c2[c-]c3c(cc2)c2ccccc2n3-c2[c-]c(-c3ccccn3)ccc2)nc2cc(-c3ccoc3)ccc21.[Pt+2]. The molecule has 0 bridgehead atoms. The van der Waals surface area contributed by atoms with Crippen LogP contribution in [0.1, 0.15) is 0 Å². The molecule has 0 radical (unpaired) electrons. The van der Waals surface area contributed by atoms with Crippen LogP contribution in [-0.2, 0) is 28.1 Å². The molecule has 0 fully saturated rings. The predicted octanol–water partition coefficient (Wildman–Crippen LogP) is 8.26. The number of benzene rings is 4. The molecule has 8 rings (SSSR count). The zero-order valence-electron chi connectivity index (χ0n) is 22.0. The van der Waals surface area contributed by atoms with Crippen LogP contribution in [0.3, 0.4) is 0 Å². The molecule has 0 aliphatic rings. The van der Waals surface area contributed by atoms with Crippen LogP contribution in [0.15, 0.2) is 120 Å². The number of pyridine rings is 1. The van der Waals surface area contributed by atoms with Crippen LogP contribution in [-0.4, -0.2) is 19.1 Å². The van der Waals surface area contributed by atoms with Gasteiger partial charge in [0.25, 0.3) is 0 Å². The molecule has 4 aromatic heterocycles. The summed E-state index contributed by atoms with van der Waals surface area (Å²) in [6, 6.07) is 40.5. The summed E-state index contributed by atoms with van der Waals surface area (Å²) in [5.41, 5.74) is 9.92. The van der Waals surface area contributed by atoms with Crippen LogP contribution < -0.4 is 0 Å². The zero-order chi connectivity index (χ0) is 26.6. The molecule has 6 heteroatoms. The van der Waals surface area contributed by atoms with Crippen molar-refractivity contribution in [2.45, 2.75) is 0 Å². The van der Waals surface area contributed by atoms with Gasteiger partial charge >= 0.3 is 21.1 Å². The monoisotopic (exact) mass is 709 g/mol. The first kappa shape index (κ1) is 25.3. The van der Waals surface area contributed by atoms with Crippen LogP contribution in [0.4, 0.5) is 0 Å². The van der Waals surface area contributed by atoms with Crippen LogP contribution >= 0.6 is 0 Å². The molecule has 0 aliphatic carbocycles. The summed E-state index contributed by atoms with van der Waals surface area (Å²) < 4.78 is 9.65. The van der Waals surface area contributed by atoms with Crippen LogP contribution in [0, 0.1) is 12.1 Å². The Labute approximate surface area is 251 Å². The van der Waals surface area contributed by atoms with Crippen molar-refractivity contribution < 1.29 is 25.5 Å². The quantitative estimate of drug-likeness (QED) is 0.173. The number of rotatable bonds is 4. The second-order valence-corrected chi connectivity index (χ2v) is 9.86. The Morgan fingerprint density at radius 2 is 1.63 bits per heavy atom. The average Bonchev–Trinajstić information content (AvgIpc) is 3.74. The van der Waals surface area contributed by atoms with Crippen molar-refractivity contribution in [3.8, 4) is 39.5 Å². The normalized spacial score (nSPS) is 11.3. The first-order valence-corrected chi connectivity index (χ1v) is 13.1. The molecule has 0 aliphatic heterocycles. The number of para-hydroxylation sites is 1. The van der Waals surface area contributed by atoms with Crippen LogP contribution in [0.25, 0.3) is 72.3 Å². The Morgan fingerprint density at radius 3 is 2.49 bits per heavy atom. The van der Waals surface area contributed by atoms with Gasteiger partial charge in [-0.15, -0.1) is 53.6 Å². The minimum Gasteiger partial charge on any atom is -0.472 e. The molecule has 0 atom stereocenters. The smallest absolute Gasteiger partial charge is 0.472 e. The second-order valence-electron chi connectivity index (χ2n) is 9.86. The number of furan rings is 1. The third kappa shape index (κ3) is 4.13. The van der Waals surface area contributed by atoms with Crippen molar-refractivity contribution in [1.29, 1.82) is 0 Å². The number of imidazole rings is 1. The van der Waals surface area contributed by atoms with Crippen molar-refractivity contribution in [1.82, 2.24) is 19.1 Å². The first-order chi connectivity index (χ1) is 19.7. The van der Waals surface area contributed by atoms with E-state index in [-0.39, 0.29) is 21.1 Å². The fourth-order valence-corrected chi connectivity index (χ4v) is 5.58. The van der Waals surface area contributed by atoms with E-state index in [9.17, 15) is 0 Å². The van der Waals surface area contributed by atoms with Gasteiger partial charge in [0.05, 0.1) is 29.4 Å². The van der Waals surface area contributed by atoms with E-state index in [1.807, 2.05) is 36.5 Å². The van der Waals surface area contributed by atoms with E-state index in [4.69, 9.17) is 9.40 Å². The summed E-state index contributed by atoms with van der Waals surface area (Å²) in [5.74, 6) is 0.865. The Kier molecular flexibility index (Phi) is 6.18. The van der Waals surface area contributed by atoms with Crippen molar-refractivity contribution in [2.75, 3.05) is 0 Å². The number of aryl methyl sites for hydroxylation is 1. The van der Waals surface area contributed by atoms with Gasteiger partial charge in [0.15, 0.2) is 0 Å². The number of fused-ring (bicyclic) bond motifs is 4. The third-order valence-corrected chi connectivity index (χ3v) is 7.52. The van der Waals surface area contributed by atoms with Gasteiger partial charge in [0.2, 0.25) is 0 Å². The molecule has 0 amide bonds. The zero-order valence-corrected chi connectivity index (χ0v) is 24.3. The summed E-state index contributed by atoms with van der Waals surface area (Å²) >= 11 is 0. The minimum atomic E-state index is 0. The first-order valence-electron chi connectivity index (χ1n) is 13.1. The van der Waals surface area contributed by atoms with Crippen molar-refractivity contribution in [2.24, 2.45) is 7.05 Å². The van der Waals surface area contributed by atoms with Gasteiger partial charge in [-0.3, -0.25) is 4.98 Å². The number of aromatic nitrogens is 4. The summed E-state index contributed by atoms with van der Waals surface area (Å²) in [4.78, 5) is 9.58. The van der Waals surface area contributed by atoms with E-state index in [1.54, 1.807) is 12.5 Å². The van der Waals surface area contributed by atoms with Crippen LogP contribution in [0.2, 0.25) is 0 Å². The molecule has 4 aromatic carbocycles. The molecule has 0 N–H and O–H groups in total. The molecule has 198 valence electrons. The van der Waals surface area contributed by atoms with Gasteiger partial charge in [-0.2, -0.15) is 0 Å². The average molecular weight is 710 g/mol. The van der Waals surface area contributed by atoms with Gasteiger partial charge < -0.3 is 18.5 Å². The number of hydrogen-bond acceptors (Lipinski definition) is 3. The summed E-state index contributed by atoms with van der Waals surface area (Å²) in [7, 11) is 2.06. The predicted molar refractivity (Wildman–Crippen MR) is 159 cm³/mol. The third-order valence-electron chi connectivity index (χ3n) is 7.52. The second kappa shape index (κ2) is 10.0. The molecule has 5 nitrogen and oxygen atoms in total. The number of nitrogens with zero attached hydrogens (tertiary/aromatic N) is 4. The van der Waals surface area contributed by atoms with Gasteiger partial charge in [-0.05, 0) is 58.2 Å². The maximum Gasteiger partial charge on any atom is 2.00 e. The Morgan fingerprint density at radius 1 is 0.732 bits per heavy atom. The van der Waals surface area contributed by atoms with Gasteiger partial charge in [0, 0.05) is 24.3 Å². The van der Waals surface area contributed by atoms with E-state index >= 15 is 0 Å². The Hall–Kier alpha value is -4.73. The molecule has 4 heterocycles. The fraction of sp³-hybridized carbons (Fsp3) is 0.0286. The van der Waals surface area contributed by atoms with Crippen molar-refractivity contribution >= 4 is 32.8 Å². The van der Waals surface area contributed by atoms with Gasteiger partial charge in [-0.1, -0.05) is 41.8 Å². The van der Waals surface area contributed by atoms with E-state index in [1.165, 1.54) is 5.39 Å². The molecular weight excluding hydrogens is 687 g/mol. The van der Waals surface area contributed by atoms with Crippen molar-refractivity contribution in [3.05, 3.63) is 128 Å². The summed E-state index contributed by atoms with van der Waals surface area (Å²) in [6.45, 7) is 0. The molecular formula is C35H22N4OPt. The molecule has 41 heavy (non-hydrogen) atoms. The molecule has 0 saturated carbocycles. The molecule has 0 spiro atoms. The standard InChI is InChI=1S/C35H22N4O.Pt/c1-38-33-15-13-23(26-16-18-40-22-26)20-31(33)37-35(38)25-12-14-29-28-9-2-3-11-32(28)39(34(29)21-25)27-8-6-7-24(19-27)30-10-4-5-17-36-30;/h2-18,20,22H,1H3;/q-2;+2. The topological polar surface area (TPSA) is 48.8 Å².